The van der Waals surface area contributed by atoms with Gasteiger partial charge in [-0.2, -0.15) is 0 Å². The molecule has 1 aromatic carbocycles. The highest BCUT2D eigenvalue weighted by Gasteiger charge is 2.33. The van der Waals surface area contributed by atoms with Gasteiger partial charge in [-0.05, 0) is 19.1 Å². The number of likely N-dealkylation sites (N-methyl/N-ethyl adjacent to an activating group) is 1. The first-order chi connectivity index (χ1) is 10.0. The van der Waals surface area contributed by atoms with Gasteiger partial charge in [-0.3, -0.25) is 9.59 Å². The van der Waals surface area contributed by atoms with Gasteiger partial charge in [0.05, 0.1) is 5.56 Å². The van der Waals surface area contributed by atoms with E-state index in [1.165, 1.54) is 17.0 Å². The summed E-state index contributed by atoms with van der Waals surface area (Å²) < 4.78 is 0. The number of hydrogen-bond acceptors (Lipinski definition) is 5. The zero-order chi connectivity index (χ0) is 15.4. The lowest BCUT2D eigenvalue weighted by Gasteiger charge is -2.35. The summed E-state index contributed by atoms with van der Waals surface area (Å²) in [6.07, 6.45) is 0. The number of phenols is 2. The Morgan fingerprint density at radius 2 is 2.19 bits per heavy atom. The van der Waals surface area contributed by atoms with E-state index >= 15 is 0 Å². The summed E-state index contributed by atoms with van der Waals surface area (Å²) >= 11 is 0. The van der Waals surface area contributed by atoms with Crippen molar-refractivity contribution in [2.75, 3.05) is 26.2 Å². The fraction of sp³-hybridized carbons (Fsp3) is 0.429. The number of nitrogens with one attached hydrogen (secondary N) is 2. The minimum atomic E-state index is -0.612. The third kappa shape index (κ3) is 3.25. The highest BCUT2D eigenvalue weighted by atomic mass is 16.3. The smallest absolute Gasteiger partial charge is 0.258 e. The van der Waals surface area contributed by atoms with E-state index in [0.717, 1.165) is 6.07 Å². The van der Waals surface area contributed by atoms with Crippen molar-refractivity contribution in [1.29, 1.82) is 0 Å². The third-order valence-corrected chi connectivity index (χ3v) is 3.37. The van der Waals surface area contributed by atoms with Crippen molar-refractivity contribution in [3.63, 3.8) is 0 Å². The molecule has 0 radical (unpaired) electrons. The Morgan fingerprint density at radius 1 is 1.43 bits per heavy atom. The number of carbonyl (C=O) groups excluding carboxylic acids is 2. The molecule has 2 rings (SSSR count). The molecule has 4 N–H and O–H groups in total. The molecule has 1 heterocycles. The van der Waals surface area contributed by atoms with Crippen molar-refractivity contribution < 1.29 is 19.8 Å². The van der Waals surface area contributed by atoms with Crippen molar-refractivity contribution >= 4 is 11.8 Å². The molecule has 0 bridgehead atoms. The van der Waals surface area contributed by atoms with Crippen LogP contribution in [0.1, 0.15) is 17.3 Å². The monoisotopic (exact) mass is 293 g/mol. The minimum Gasteiger partial charge on any atom is -0.508 e. The van der Waals surface area contributed by atoms with Crippen LogP contribution in [-0.2, 0) is 4.79 Å². The fourth-order valence-electron chi connectivity index (χ4n) is 2.33. The molecule has 1 fully saturated rings. The van der Waals surface area contributed by atoms with Gasteiger partial charge in [0.15, 0.2) is 0 Å². The number of piperazine rings is 1. The third-order valence-electron chi connectivity index (χ3n) is 3.37. The number of rotatable bonds is 3. The first-order valence-corrected chi connectivity index (χ1v) is 6.86. The van der Waals surface area contributed by atoms with E-state index in [4.69, 9.17) is 0 Å². The summed E-state index contributed by atoms with van der Waals surface area (Å²) in [4.78, 5) is 26.0. The van der Waals surface area contributed by atoms with E-state index in [9.17, 15) is 19.8 Å². The van der Waals surface area contributed by atoms with Gasteiger partial charge in [0.25, 0.3) is 5.91 Å². The van der Waals surface area contributed by atoms with Crippen LogP contribution in [0.25, 0.3) is 0 Å². The number of nitrogens with zero attached hydrogens (tertiary/aromatic N) is 1. The highest BCUT2D eigenvalue weighted by molar-refractivity contribution is 6.00. The number of phenolic OH excluding ortho intramolecular Hbond substituents is 2. The van der Waals surface area contributed by atoms with Gasteiger partial charge < -0.3 is 25.7 Å². The highest BCUT2D eigenvalue weighted by Crippen LogP contribution is 2.24. The molecule has 1 aliphatic heterocycles. The van der Waals surface area contributed by atoms with Gasteiger partial charge in [-0.15, -0.1) is 0 Å². The first-order valence-electron chi connectivity index (χ1n) is 6.86. The molecule has 114 valence electrons. The SMILES string of the molecule is CCNC(=O)C1CNCCN1C(=O)c1ccc(O)cc1O. The van der Waals surface area contributed by atoms with Crippen LogP contribution in [0.15, 0.2) is 18.2 Å². The topological polar surface area (TPSA) is 102 Å². The number of carbonyl (C=O) groups is 2. The second kappa shape index (κ2) is 6.45. The van der Waals surface area contributed by atoms with Crippen molar-refractivity contribution in [1.82, 2.24) is 15.5 Å². The van der Waals surface area contributed by atoms with Gasteiger partial charge in [-0.25, -0.2) is 0 Å². The summed E-state index contributed by atoms with van der Waals surface area (Å²) in [6.45, 7) is 3.63. The van der Waals surface area contributed by atoms with Crippen LogP contribution in [0.5, 0.6) is 11.5 Å². The molecule has 1 unspecified atom stereocenters. The van der Waals surface area contributed by atoms with Crippen molar-refractivity contribution in [2.45, 2.75) is 13.0 Å². The number of hydrogen-bond donors (Lipinski definition) is 4. The Bertz CT molecular complexity index is 547. The predicted molar refractivity (Wildman–Crippen MR) is 76.1 cm³/mol. The van der Waals surface area contributed by atoms with E-state index in [2.05, 4.69) is 10.6 Å². The molecule has 2 amide bonds. The Morgan fingerprint density at radius 3 is 2.86 bits per heavy atom. The summed E-state index contributed by atoms with van der Waals surface area (Å²) in [5.74, 6) is -1.07. The lowest BCUT2D eigenvalue weighted by molar-refractivity contribution is -0.126. The van der Waals surface area contributed by atoms with Crippen LogP contribution in [0.4, 0.5) is 0 Å². The largest absolute Gasteiger partial charge is 0.508 e. The lowest BCUT2D eigenvalue weighted by atomic mass is 10.1. The molecular formula is C14H19N3O4. The van der Waals surface area contributed by atoms with Crippen LogP contribution >= 0.6 is 0 Å². The lowest BCUT2D eigenvalue weighted by Crippen LogP contribution is -2.59. The van der Waals surface area contributed by atoms with Crippen molar-refractivity contribution in [3.8, 4) is 11.5 Å². The van der Waals surface area contributed by atoms with Crippen molar-refractivity contribution in [3.05, 3.63) is 23.8 Å². The Kier molecular flexibility index (Phi) is 4.64. The van der Waals surface area contributed by atoms with Crippen LogP contribution in [0.3, 0.4) is 0 Å². The number of aromatic hydroxyl groups is 2. The zero-order valence-corrected chi connectivity index (χ0v) is 11.8. The average molecular weight is 293 g/mol. The maximum atomic E-state index is 12.5. The van der Waals surface area contributed by atoms with E-state index in [1.807, 2.05) is 6.92 Å². The van der Waals surface area contributed by atoms with Gasteiger partial charge in [0, 0.05) is 32.2 Å². The van der Waals surface area contributed by atoms with Crippen molar-refractivity contribution in [2.24, 2.45) is 0 Å². The molecule has 0 aromatic heterocycles. The molecule has 1 aromatic rings. The Hall–Kier alpha value is -2.28. The Labute approximate surface area is 122 Å². The van der Waals surface area contributed by atoms with E-state index < -0.39 is 11.9 Å². The van der Waals surface area contributed by atoms with Crippen LogP contribution < -0.4 is 10.6 Å². The summed E-state index contributed by atoms with van der Waals surface area (Å²) in [6, 6.07) is 3.18. The van der Waals surface area contributed by atoms with Gasteiger partial charge in [0.1, 0.15) is 17.5 Å². The number of amides is 2. The second-order valence-electron chi connectivity index (χ2n) is 4.81. The number of benzene rings is 1. The summed E-state index contributed by atoms with van der Waals surface area (Å²) in [5, 5.41) is 24.9. The van der Waals surface area contributed by atoms with Crippen LogP contribution in [0.2, 0.25) is 0 Å². The molecule has 1 aliphatic rings. The second-order valence-corrected chi connectivity index (χ2v) is 4.81. The maximum absolute atomic E-state index is 12.5. The predicted octanol–water partition coefficient (Wildman–Crippen LogP) is -0.352. The first kappa shape index (κ1) is 15.1. The molecule has 0 spiro atoms. The molecule has 1 atom stereocenters. The summed E-state index contributed by atoms with van der Waals surface area (Å²) in [5.41, 5.74) is 0.0731. The van der Waals surface area contributed by atoms with E-state index in [0.29, 0.717) is 26.2 Å². The van der Waals surface area contributed by atoms with Gasteiger partial charge in [-0.1, -0.05) is 0 Å². The van der Waals surface area contributed by atoms with Gasteiger partial charge in [0.2, 0.25) is 5.91 Å². The Balaban J connectivity index is 2.24. The zero-order valence-electron chi connectivity index (χ0n) is 11.8. The molecule has 7 nitrogen and oxygen atoms in total. The quantitative estimate of drug-likeness (QED) is 0.610. The van der Waals surface area contributed by atoms with Gasteiger partial charge >= 0.3 is 0 Å². The molecule has 21 heavy (non-hydrogen) atoms. The molecule has 0 saturated carbocycles. The van der Waals surface area contributed by atoms with Crippen LogP contribution in [0, 0.1) is 0 Å². The standard InChI is InChI=1S/C14H19N3O4/c1-2-16-13(20)11-8-15-5-6-17(11)14(21)10-4-3-9(18)7-12(10)19/h3-4,7,11,15,18-19H,2,5-6,8H2,1H3,(H,16,20). The average Bonchev–Trinajstić information content (AvgIpc) is 2.47. The normalized spacial score (nSPS) is 18.3. The molecule has 0 aliphatic carbocycles. The molecule has 7 heteroatoms. The van der Waals surface area contributed by atoms with Crippen LogP contribution in [-0.4, -0.2) is 59.1 Å². The summed E-state index contributed by atoms with van der Waals surface area (Å²) in [7, 11) is 0. The maximum Gasteiger partial charge on any atom is 0.258 e. The molecule has 1 saturated heterocycles. The minimum absolute atomic E-state index is 0.0731. The fourth-order valence-corrected chi connectivity index (χ4v) is 2.33. The van der Waals surface area contributed by atoms with E-state index in [-0.39, 0.29) is 23.0 Å². The molecular weight excluding hydrogens is 274 g/mol. The van der Waals surface area contributed by atoms with E-state index in [1.54, 1.807) is 0 Å².